The number of benzene rings is 2. The van der Waals surface area contributed by atoms with E-state index in [1.54, 1.807) is 7.11 Å². The second-order valence-electron chi connectivity index (χ2n) is 4.07. The van der Waals surface area contributed by atoms with Gasteiger partial charge in [0, 0.05) is 6.42 Å². The molecule has 2 aromatic rings. The summed E-state index contributed by atoms with van der Waals surface area (Å²) in [5.74, 6) is 3.35. The van der Waals surface area contributed by atoms with Gasteiger partial charge in [-0.2, -0.15) is 0 Å². The van der Waals surface area contributed by atoms with E-state index in [1.807, 2.05) is 25.1 Å². The average molecular weight is 252 g/mol. The molecule has 98 valence electrons. The normalized spacial score (nSPS) is 8.89. The monoisotopic (exact) mass is 252 g/mol. The number of terminal acetylenes is 1. The molecule has 2 aromatic carbocycles. The fourth-order valence-corrected chi connectivity index (χ4v) is 1.61. The molecule has 0 atom stereocenters. The number of ether oxygens (including phenoxy) is 1. The van der Waals surface area contributed by atoms with Crippen molar-refractivity contribution in [3.8, 4) is 18.1 Å². The number of hydrogen-bond donors (Lipinski definition) is 0. The minimum atomic E-state index is 0.847. The van der Waals surface area contributed by atoms with Crippen molar-refractivity contribution in [2.24, 2.45) is 0 Å². The van der Waals surface area contributed by atoms with Gasteiger partial charge in [-0.25, -0.2) is 0 Å². The zero-order valence-corrected chi connectivity index (χ0v) is 11.6. The highest BCUT2D eigenvalue weighted by atomic mass is 16.5. The Hall–Kier alpha value is -2.20. The summed E-state index contributed by atoms with van der Waals surface area (Å²) in [5.41, 5.74) is 2.60. The highest BCUT2D eigenvalue weighted by molar-refractivity contribution is 5.32. The summed E-state index contributed by atoms with van der Waals surface area (Å²) in [6.45, 7) is 1.94. The molecule has 0 N–H and O–H groups in total. The van der Waals surface area contributed by atoms with Gasteiger partial charge in [0.1, 0.15) is 5.75 Å². The van der Waals surface area contributed by atoms with Crippen LogP contribution >= 0.6 is 0 Å². The van der Waals surface area contributed by atoms with Gasteiger partial charge < -0.3 is 4.74 Å². The Kier molecular flexibility index (Phi) is 6.90. The maximum absolute atomic E-state index is 5.19. The lowest BCUT2D eigenvalue weighted by Gasteiger charge is -2.04. The second-order valence-corrected chi connectivity index (χ2v) is 4.07. The van der Waals surface area contributed by atoms with Gasteiger partial charge in [-0.1, -0.05) is 49.4 Å². The van der Waals surface area contributed by atoms with Crippen LogP contribution in [0.5, 0.6) is 5.75 Å². The van der Waals surface area contributed by atoms with Crippen LogP contribution in [0, 0.1) is 12.3 Å². The predicted octanol–water partition coefficient (Wildman–Crippen LogP) is 4.32. The van der Waals surface area contributed by atoms with E-state index in [4.69, 9.17) is 11.2 Å². The van der Waals surface area contributed by atoms with Crippen LogP contribution in [0.2, 0.25) is 0 Å². The third kappa shape index (κ3) is 5.79. The molecule has 0 aliphatic heterocycles. The Labute approximate surface area is 116 Å². The number of hydrogen-bond acceptors (Lipinski definition) is 1. The molecule has 0 saturated carbocycles. The van der Waals surface area contributed by atoms with Gasteiger partial charge in [-0.15, -0.1) is 12.3 Å². The predicted molar refractivity (Wildman–Crippen MR) is 81.4 cm³/mol. The Morgan fingerprint density at radius 1 is 1.00 bits per heavy atom. The Bertz CT molecular complexity index is 509. The molecular formula is C18H20O. The van der Waals surface area contributed by atoms with E-state index < -0.39 is 0 Å². The molecule has 0 aromatic heterocycles. The summed E-state index contributed by atoms with van der Waals surface area (Å²) in [6, 6.07) is 18.6. The number of rotatable bonds is 3. The van der Waals surface area contributed by atoms with E-state index in [9.17, 15) is 0 Å². The van der Waals surface area contributed by atoms with Crippen LogP contribution in [0.3, 0.4) is 0 Å². The molecule has 0 spiro atoms. The van der Waals surface area contributed by atoms with Crippen LogP contribution in [0.25, 0.3) is 0 Å². The van der Waals surface area contributed by atoms with Crippen LogP contribution in [-0.4, -0.2) is 7.11 Å². The quantitative estimate of drug-likeness (QED) is 0.739. The van der Waals surface area contributed by atoms with Crippen molar-refractivity contribution in [3.63, 3.8) is 0 Å². The third-order valence-corrected chi connectivity index (χ3v) is 2.59. The smallest absolute Gasteiger partial charge is 0.119 e. The first-order chi connectivity index (χ1) is 9.30. The number of methoxy groups -OCH3 is 1. The molecule has 0 aliphatic carbocycles. The largest absolute Gasteiger partial charge is 0.497 e. The molecule has 0 heterocycles. The Balaban J connectivity index is 0.000000399. The molecular weight excluding hydrogens is 232 g/mol. The summed E-state index contributed by atoms with van der Waals surface area (Å²) in [5, 5.41) is 0. The van der Waals surface area contributed by atoms with Crippen LogP contribution in [0.1, 0.15) is 24.5 Å². The summed E-state index contributed by atoms with van der Waals surface area (Å²) in [4.78, 5) is 0. The third-order valence-electron chi connectivity index (χ3n) is 2.59. The molecule has 0 bridgehead atoms. The first-order valence-corrected chi connectivity index (χ1v) is 6.40. The lowest BCUT2D eigenvalue weighted by atomic mass is 10.1. The van der Waals surface area contributed by atoms with Crippen LogP contribution in [-0.2, 0) is 6.42 Å². The van der Waals surface area contributed by atoms with E-state index in [2.05, 4.69) is 42.3 Å². The van der Waals surface area contributed by atoms with E-state index in [0.717, 1.165) is 18.6 Å². The van der Waals surface area contributed by atoms with Crippen molar-refractivity contribution in [2.75, 3.05) is 7.11 Å². The van der Waals surface area contributed by atoms with Crippen molar-refractivity contribution in [1.29, 1.82) is 0 Å². The maximum Gasteiger partial charge on any atom is 0.119 e. The Morgan fingerprint density at radius 2 is 1.63 bits per heavy atom. The lowest BCUT2D eigenvalue weighted by molar-refractivity contribution is 0.414. The van der Waals surface area contributed by atoms with Crippen molar-refractivity contribution in [3.05, 3.63) is 65.7 Å². The summed E-state index contributed by atoms with van der Waals surface area (Å²) < 4.78 is 5.19. The molecule has 0 fully saturated rings. The van der Waals surface area contributed by atoms with Gasteiger partial charge in [0.05, 0.1) is 7.11 Å². The van der Waals surface area contributed by atoms with Crippen molar-refractivity contribution >= 4 is 0 Å². The van der Waals surface area contributed by atoms with Crippen LogP contribution in [0.15, 0.2) is 54.6 Å². The van der Waals surface area contributed by atoms with Gasteiger partial charge in [0.2, 0.25) is 0 Å². The fraction of sp³-hybridized carbons (Fsp3) is 0.222. The summed E-state index contributed by atoms with van der Waals surface area (Å²) in [7, 11) is 1.70. The fourth-order valence-electron chi connectivity index (χ4n) is 1.61. The van der Waals surface area contributed by atoms with Gasteiger partial charge in [-0.05, 0) is 29.7 Å². The molecule has 0 saturated heterocycles. The van der Waals surface area contributed by atoms with Crippen LogP contribution < -0.4 is 4.74 Å². The van der Waals surface area contributed by atoms with E-state index in [-0.39, 0.29) is 0 Å². The lowest BCUT2D eigenvalue weighted by Crippen LogP contribution is -1.89. The van der Waals surface area contributed by atoms with Gasteiger partial charge in [-0.3, -0.25) is 0 Å². The zero-order valence-electron chi connectivity index (χ0n) is 11.6. The minimum absolute atomic E-state index is 0.847. The molecule has 1 heteroatoms. The van der Waals surface area contributed by atoms with E-state index >= 15 is 0 Å². The summed E-state index contributed by atoms with van der Waals surface area (Å²) in [6.07, 6.45) is 6.58. The first-order valence-electron chi connectivity index (χ1n) is 6.40. The Morgan fingerprint density at radius 3 is 2.21 bits per heavy atom. The molecule has 1 nitrogen and oxygen atoms in total. The van der Waals surface area contributed by atoms with E-state index in [1.165, 1.54) is 11.1 Å². The van der Waals surface area contributed by atoms with Crippen molar-refractivity contribution in [1.82, 2.24) is 0 Å². The standard InChI is InChI=1S/C14H14O.C4H6/c1-15-14-9-5-8-13(11-14)10-12-6-3-2-4-7-12;1-3-4-2/h2-9,11H,10H2,1H3;1H,4H2,2H3. The average Bonchev–Trinajstić information content (AvgIpc) is 2.49. The van der Waals surface area contributed by atoms with Crippen LogP contribution in [0.4, 0.5) is 0 Å². The van der Waals surface area contributed by atoms with Crippen molar-refractivity contribution < 1.29 is 4.74 Å². The maximum atomic E-state index is 5.19. The molecule has 0 aliphatic rings. The minimum Gasteiger partial charge on any atom is -0.497 e. The molecule has 19 heavy (non-hydrogen) atoms. The first kappa shape index (κ1) is 14.9. The highest BCUT2D eigenvalue weighted by Crippen LogP contribution is 2.15. The summed E-state index contributed by atoms with van der Waals surface area (Å²) >= 11 is 0. The second kappa shape index (κ2) is 8.83. The SMILES string of the molecule is C#CCC.COc1cccc(Cc2ccccc2)c1. The molecule has 0 radical (unpaired) electrons. The van der Waals surface area contributed by atoms with Gasteiger partial charge in [0.25, 0.3) is 0 Å². The topological polar surface area (TPSA) is 9.23 Å². The van der Waals surface area contributed by atoms with Crippen molar-refractivity contribution in [2.45, 2.75) is 19.8 Å². The highest BCUT2D eigenvalue weighted by Gasteiger charge is 1.97. The molecule has 0 amide bonds. The van der Waals surface area contributed by atoms with E-state index in [0.29, 0.717) is 0 Å². The zero-order chi connectivity index (χ0) is 13.9. The van der Waals surface area contributed by atoms with Gasteiger partial charge >= 0.3 is 0 Å². The molecule has 2 rings (SSSR count). The van der Waals surface area contributed by atoms with Gasteiger partial charge in [0.15, 0.2) is 0 Å². The molecule has 0 unspecified atom stereocenters.